The molecule has 2 atom stereocenters. The Morgan fingerprint density at radius 3 is 2.48 bits per heavy atom. The van der Waals surface area contributed by atoms with Crippen molar-refractivity contribution in [3.63, 3.8) is 0 Å². The van der Waals surface area contributed by atoms with Gasteiger partial charge in [0, 0.05) is 28.4 Å². The van der Waals surface area contributed by atoms with Gasteiger partial charge in [-0.2, -0.15) is 0 Å². The molecule has 120 valence electrons. The van der Waals surface area contributed by atoms with E-state index in [2.05, 4.69) is 43.5 Å². The van der Waals surface area contributed by atoms with Crippen molar-refractivity contribution in [2.75, 3.05) is 6.54 Å². The predicted octanol–water partition coefficient (Wildman–Crippen LogP) is 3.49. The fourth-order valence-electron chi connectivity index (χ4n) is 2.05. The summed E-state index contributed by atoms with van der Waals surface area (Å²) in [5, 5.41) is 6.28. The van der Waals surface area contributed by atoms with Crippen LogP contribution in [-0.2, 0) is 11.2 Å². The second-order valence-electron chi connectivity index (χ2n) is 6.57. The lowest BCUT2D eigenvalue weighted by Gasteiger charge is -2.22. The third-order valence-corrected chi connectivity index (χ3v) is 3.85. The van der Waals surface area contributed by atoms with Gasteiger partial charge in [0.05, 0.1) is 0 Å². The number of ether oxygens (including phenoxy) is 1. The average Bonchev–Trinajstić information content (AvgIpc) is 2.69. The van der Waals surface area contributed by atoms with Crippen molar-refractivity contribution >= 4 is 17.4 Å². The van der Waals surface area contributed by atoms with Gasteiger partial charge < -0.3 is 15.4 Å². The number of carbonyl (C=O) groups excluding carboxylic acids is 1. The molecule has 0 aliphatic heterocycles. The summed E-state index contributed by atoms with van der Waals surface area (Å²) < 4.78 is 5.22. The first-order chi connectivity index (χ1) is 9.65. The van der Waals surface area contributed by atoms with Crippen LogP contribution in [0.3, 0.4) is 0 Å². The van der Waals surface area contributed by atoms with E-state index in [1.807, 2.05) is 32.1 Å². The maximum Gasteiger partial charge on any atom is 0.407 e. The molecule has 0 aromatic carbocycles. The highest BCUT2D eigenvalue weighted by Gasteiger charge is 2.17. The van der Waals surface area contributed by atoms with Crippen LogP contribution < -0.4 is 10.6 Å². The lowest BCUT2D eigenvalue weighted by molar-refractivity contribution is 0.0522. The van der Waals surface area contributed by atoms with E-state index in [0.717, 1.165) is 6.42 Å². The number of hydrogen-bond donors (Lipinski definition) is 2. The van der Waals surface area contributed by atoms with Crippen molar-refractivity contribution in [2.24, 2.45) is 0 Å². The molecule has 21 heavy (non-hydrogen) atoms. The molecule has 2 unspecified atom stereocenters. The predicted molar refractivity (Wildman–Crippen MR) is 89.1 cm³/mol. The summed E-state index contributed by atoms with van der Waals surface area (Å²) in [5.74, 6) is 0. The van der Waals surface area contributed by atoms with E-state index in [0.29, 0.717) is 12.6 Å². The molecule has 0 saturated heterocycles. The number of aryl methyl sites for hydroxylation is 1. The van der Waals surface area contributed by atoms with Crippen LogP contribution in [-0.4, -0.2) is 30.3 Å². The maximum absolute atomic E-state index is 11.6. The second kappa shape index (κ2) is 7.80. The minimum atomic E-state index is -0.453. The zero-order valence-corrected chi connectivity index (χ0v) is 14.8. The topological polar surface area (TPSA) is 50.4 Å². The summed E-state index contributed by atoms with van der Waals surface area (Å²) in [6.07, 6.45) is 0.646. The van der Waals surface area contributed by atoms with Gasteiger partial charge in [-0.15, -0.1) is 11.3 Å². The lowest BCUT2D eigenvalue weighted by atomic mass is 10.2. The number of carbonyl (C=O) groups is 1. The summed E-state index contributed by atoms with van der Waals surface area (Å²) in [6, 6.07) is 4.91. The molecule has 1 aromatic rings. The Hall–Kier alpha value is -1.07. The zero-order chi connectivity index (χ0) is 16.0. The molecule has 5 heteroatoms. The van der Waals surface area contributed by atoms with E-state index in [9.17, 15) is 4.79 Å². The van der Waals surface area contributed by atoms with Gasteiger partial charge in [-0.05, 0) is 60.1 Å². The first-order valence-electron chi connectivity index (χ1n) is 7.44. The highest BCUT2D eigenvalue weighted by molar-refractivity contribution is 7.11. The van der Waals surface area contributed by atoms with Crippen LogP contribution in [0, 0.1) is 6.92 Å². The molecule has 1 aromatic heterocycles. The van der Waals surface area contributed by atoms with Gasteiger partial charge in [0.1, 0.15) is 5.60 Å². The highest BCUT2D eigenvalue weighted by Crippen LogP contribution is 2.16. The average molecular weight is 312 g/mol. The third kappa shape index (κ3) is 8.07. The van der Waals surface area contributed by atoms with Gasteiger partial charge in [-0.1, -0.05) is 0 Å². The van der Waals surface area contributed by atoms with Crippen molar-refractivity contribution in [3.05, 3.63) is 21.9 Å². The summed E-state index contributed by atoms with van der Waals surface area (Å²) in [6.45, 7) is 12.5. The number of rotatable bonds is 6. The SMILES string of the molecule is Cc1ccc(CC(C)NC(C)CNC(=O)OC(C)(C)C)s1. The van der Waals surface area contributed by atoms with Crippen LogP contribution in [0.4, 0.5) is 4.79 Å². The van der Waals surface area contributed by atoms with E-state index < -0.39 is 5.60 Å². The van der Waals surface area contributed by atoms with Crippen molar-refractivity contribution < 1.29 is 9.53 Å². The Bertz CT molecular complexity index is 451. The van der Waals surface area contributed by atoms with Gasteiger partial charge >= 0.3 is 6.09 Å². The fourth-order valence-corrected chi connectivity index (χ4v) is 3.07. The Labute approximate surface area is 132 Å². The van der Waals surface area contributed by atoms with E-state index in [4.69, 9.17) is 4.74 Å². The van der Waals surface area contributed by atoms with Crippen molar-refractivity contribution in [1.29, 1.82) is 0 Å². The number of thiophene rings is 1. The molecule has 0 saturated carbocycles. The molecule has 1 heterocycles. The standard InChI is InChI=1S/C16H28N2O2S/c1-11(9-14-8-7-13(3)21-14)18-12(2)10-17-15(19)20-16(4,5)6/h7-8,11-12,18H,9-10H2,1-6H3,(H,17,19). The van der Waals surface area contributed by atoms with Crippen LogP contribution in [0.2, 0.25) is 0 Å². The molecule has 1 amide bonds. The van der Waals surface area contributed by atoms with Gasteiger partial charge in [0.2, 0.25) is 0 Å². The number of amides is 1. The zero-order valence-electron chi connectivity index (χ0n) is 13.9. The molecular weight excluding hydrogens is 284 g/mol. The van der Waals surface area contributed by atoms with Crippen LogP contribution in [0.5, 0.6) is 0 Å². The number of hydrogen-bond acceptors (Lipinski definition) is 4. The summed E-state index contributed by atoms with van der Waals surface area (Å²) in [5.41, 5.74) is -0.453. The van der Waals surface area contributed by atoms with Crippen LogP contribution in [0.25, 0.3) is 0 Å². The number of alkyl carbamates (subject to hydrolysis) is 1. The van der Waals surface area contributed by atoms with Crippen molar-refractivity contribution in [1.82, 2.24) is 10.6 Å². The Kier molecular flexibility index (Phi) is 6.68. The molecule has 4 nitrogen and oxygen atoms in total. The number of nitrogens with one attached hydrogen (secondary N) is 2. The van der Waals surface area contributed by atoms with Crippen LogP contribution in [0.1, 0.15) is 44.4 Å². The minimum Gasteiger partial charge on any atom is -0.444 e. The molecule has 0 aliphatic rings. The van der Waals surface area contributed by atoms with Gasteiger partial charge in [-0.3, -0.25) is 0 Å². The normalized spacial score (nSPS) is 14.6. The summed E-state index contributed by atoms with van der Waals surface area (Å²) in [7, 11) is 0. The molecule has 0 aliphatic carbocycles. The second-order valence-corrected chi connectivity index (χ2v) is 7.94. The summed E-state index contributed by atoms with van der Waals surface area (Å²) in [4.78, 5) is 14.3. The van der Waals surface area contributed by atoms with Gasteiger partial charge in [0.15, 0.2) is 0 Å². The van der Waals surface area contributed by atoms with E-state index >= 15 is 0 Å². The molecular formula is C16H28N2O2S. The van der Waals surface area contributed by atoms with E-state index in [1.165, 1.54) is 9.75 Å². The van der Waals surface area contributed by atoms with Crippen molar-refractivity contribution in [2.45, 2.75) is 65.6 Å². The van der Waals surface area contributed by atoms with E-state index in [1.54, 1.807) is 0 Å². The molecule has 0 spiro atoms. The Balaban J connectivity index is 2.26. The van der Waals surface area contributed by atoms with Crippen LogP contribution in [0.15, 0.2) is 12.1 Å². The minimum absolute atomic E-state index is 0.202. The Morgan fingerprint density at radius 2 is 1.95 bits per heavy atom. The van der Waals surface area contributed by atoms with E-state index in [-0.39, 0.29) is 12.1 Å². The van der Waals surface area contributed by atoms with Gasteiger partial charge in [0.25, 0.3) is 0 Å². The molecule has 0 bridgehead atoms. The molecule has 0 fully saturated rings. The molecule has 0 radical (unpaired) electrons. The molecule has 1 rings (SSSR count). The summed E-state index contributed by atoms with van der Waals surface area (Å²) >= 11 is 1.84. The van der Waals surface area contributed by atoms with Crippen LogP contribution >= 0.6 is 11.3 Å². The fraction of sp³-hybridized carbons (Fsp3) is 0.688. The third-order valence-electron chi connectivity index (χ3n) is 2.82. The largest absolute Gasteiger partial charge is 0.444 e. The monoisotopic (exact) mass is 312 g/mol. The first kappa shape index (κ1) is 18.0. The highest BCUT2D eigenvalue weighted by atomic mass is 32.1. The smallest absolute Gasteiger partial charge is 0.407 e. The molecule has 2 N–H and O–H groups in total. The maximum atomic E-state index is 11.6. The quantitative estimate of drug-likeness (QED) is 0.845. The first-order valence-corrected chi connectivity index (χ1v) is 8.25. The van der Waals surface area contributed by atoms with Gasteiger partial charge in [-0.25, -0.2) is 4.79 Å². The van der Waals surface area contributed by atoms with Crippen molar-refractivity contribution in [3.8, 4) is 0 Å². The lowest BCUT2D eigenvalue weighted by Crippen LogP contribution is -2.44. The Morgan fingerprint density at radius 1 is 1.29 bits per heavy atom.